The number of rotatable bonds is 6. The lowest BCUT2D eigenvalue weighted by Gasteiger charge is -2.13. The molecule has 0 saturated carbocycles. The second-order valence-electron chi connectivity index (χ2n) is 7.18. The topological polar surface area (TPSA) is 81.0 Å². The summed E-state index contributed by atoms with van der Waals surface area (Å²) in [7, 11) is 0.650. The maximum absolute atomic E-state index is 9.21. The first-order chi connectivity index (χ1) is 16.3. The molecule has 2 heterocycles. The van der Waals surface area contributed by atoms with Crippen molar-refractivity contribution in [2.45, 2.75) is 0 Å². The fourth-order valence-corrected chi connectivity index (χ4v) is 3.60. The quantitative estimate of drug-likeness (QED) is 0.389. The van der Waals surface area contributed by atoms with E-state index in [2.05, 4.69) is 4.98 Å². The van der Waals surface area contributed by atoms with Crippen LogP contribution in [0.1, 0.15) is 0 Å². The third kappa shape index (κ3) is 4.35. The van der Waals surface area contributed by atoms with Gasteiger partial charge in [0.2, 0.25) is 0 Å². The van der Waals surface area contributed by atoms with E-state index in [1.54, 1.807) is 12.3 Å². The minimum Gasteiger partial charge on any atom is -0.537 e. The highest BCUT2D eigenvalue weighted by molar-refractivity contribution is 6.17. The van der Waals surface area contributed by atoms with E-state index in [9.17, 15) is 5.02 Å². The average molecular weight is 429 g/mol. The molecule has 157 valence electrons. The van der Waals surface area contributed by atoms with Crippen molar-refractivity contribution < 1.29 is 9.68 Å². The van der Waals surface area contributed by atoms with Gasteiger partial charge in [0, 0.05) is 29.1 Å². The zero-order valence-electron chi connectivity index (χ0n) is 17.5. The van der Waals surface area contributed by atoms with Crippen LogP contribution in [-0.4, -0.2) is 32.6 Å². The predicted octanol–water partition coefficient (Wildman–Crippen LogP) is 4.84. The first kappa shape index (κ1) is 20.5. The average Bonchev–Trinajstić information content (AvgIpc) is 2.90. The second kappa shape index (κ2) is 9.42. The Bertz CT molecular complexity index is 1380. The van der Waals surface area contributed by atoms with Gasteiger partial charge in [-0.3, -0.25) is 4.98 Å². The van der Waals surface area contributed by atoms with Gasteiger partial charge >= 0.3 is 7.69 Å². The second-order valence-corrected chi connectivity index (χ2v) is 7.18. The van der Waals surface area contributed by atoms with E-state index in [0.717, 1.165) is 22.3 Å². The normalized spacial score (nSPS) is 10.6. The summed E-state index contributed by atoms with van der Waals surface area (Å²) in [5.41, 5.74) is 4.30. The van der Waals surface area contributed by atoms with Gasteiger partial charge in [-0.2, -0.15) is 0 Å². The van der Waals surface area contributed by atoms with Crippen LogP contribution < -0.4 is 4.65 Å². The number of nitrogens with zero attached hydrogens (tertiary/aromatic N) is 4. The number of benzene rings is 3. The Kier molecular flexibility index (Phi) is 5.86. The van der Waals surface area contributed by atoms with E-state index >= 15 is 0 Å². The zero-order chi connectivity index (χ0) is 22.5. The predicted molar refractivity (Wildman–Crippen MR) is 128 cm³/mol. The SMILES string of the molecule is O[B]Oc1ccccc1-c1nc(-c2ccccc2)nc(-c2ccccc2-c2cccnc2)n1. The Labute approximate surface area is 192 Å². The Morgan fingerprint density at radius 3 is 1.91 bits per heavy atom. The van der Waals surface area contributed by atoms with Crippen LogP contribution in [0.2, 0.25) is 0 Å². The van der Waals surface area contributed by atoms with Crippen molar-refractivity contribution in [3.63, 3.8) is 0 Å². The fourth-order valence-electron chi connectivity index (χ4n) is 3.60. The molecule has 0 aliphatic rings. The maximum Gasteiger partial charge on any atom is 0.569 e. The van der Waals surface area contributed by atoms with Crippen molar-refractivity contribution in [2.24, 2.45) is 0 Å². The monoisotopic (exact) mass is 429 g/mol. The Balaban J connectivity index is 1.74. The molecule has 1 radical (unpaired) electrons. The van der Waals surface area contributed by atoms with Crippen LogP contribution in [0.25, 0.3) is 45.3 Å². The van der Waals surface area contributed by atoms with Crippen LogP contribution in [0.15, 0.2) is 103 Å². The van der Waals surface area contributed by atoms with Gasteiger partial charge in [0.05, 0.1) is 5.56 Å². The van der Waals surface area contributed by atoms with Gasteiger partial charge < -0.3 is 9.68 Å². The van der Waals surface area contributed by atoms with Crippen molar-refractivity contribution in [3.8, 4) is 51.0 Å². The minimum absolute atomic E-state index is 0.441. The minimum atomic E-state index is 0.441. The smallest absolute Gasteiger partial charge is 0.537 e. The Morgan fingerprint density at radius 2 is 1.18 bits per heavy atom. The number of para-hydroxylation sites is 1. The first-order valence-corrected chi connectivity index (χ1v) is 10.4. The Hall–Kier alpha value is -4.36. The van der Waals surface area contributed by atoms with Gasteiger partial charge in [0.25, 0.3) is 0 Å². The van der Waals surface area contributed by atoms with Crippen molar-refractivity contribution in [1.29, 1.82) is 0 Å². The highest BCUT2D eigenvalue weighted by atomic mass is 16.5. The van der Waals surface area contributed by atoms with E-state index in [0.29, 0.717) is 36.5 Å². The van der Waals surface area contributed by atoms with Crippen molar-refractivity contribution >= 4 is 7.69 Å². The summed E-state index contributed by atoms with van der Waals surface area (Å²) in [5.74, 6) is 1.95. The molecule has 2 aromatic heterocycles. The molecule has 0 unspecified atom stereocenters. The van der Waals surface area contributed by atoms with E-state index < -0.39 is 0 Å². The molecule has 0 bridgehead atoms. The lowest BCUT2D eigenvalue weighted by atomic mass is 10.0. The van der Waals surface area contributed by atoms with Gasteiger partial charge in [-0.05, 0) is 23.8 Å². The van der Waals surface area contributed by atoms with Crippen molar-refractivity contribution in [3.05, 3.63) is 103 Å². The van der Waals surface area contributed by atoms with E-state index in [1.165, 1.54) is 0 Å². The summed E-state index contributed by atoms with van der Waals surface area (Å²) in [4.78, 5) is 18.6. The molecule has 1 N–H and O–H groups in total. The molecule has 5 rings (SSSR count). The molecule has 0 spiro atoms. The standard InChI is InChI=1S/C26H18BN4O2/c32-27-33-23-15-7-6-14-22(23)26-30-24(18-9-2-1-3-10-18)29-25(31-26)21-13-5-4-12-20(21)19-11-8-16-28-17-19/h1-17,32H. The van der Waals surface area contributed by atoms with Gasteiger partial charge in [0.15, 0.2) is 17.5 Å². The van der Waals surface area contributed by atoms with Crippen molar-refractivity contribution in [2.75, 3.05) is 0 Å². The third-order valence-corrected chi connectivity index (χ3v) is 5.12. The number of aromatic nitrogens is 4. The molecule has 0 saturated heterocycles. The summed E-state index contributed by atoms with van der Waals surface area (Å²) in [6, 6.07) is 28.9. The summed E-state index contributed by atoms with van der Waals surface area (Å²) >= 11 is 0. The molecular formula is C26H18BN4O2. The highest BCUT2D eigenvalue weighted by Gasteiger charge is 2.17. The molecule has 3 aromatic carbocycles. The fraction of sp³-hybridized carbons (Fsp3) is 0. The molecule has 6 nitrogen and oxygen atoms in total. The van der Waals surface area contributed by atoms with Gasteiger partial charge in [-0.15, -0.1) is 0 Å². The zero-order valence-corrected chi connectivity index (χ0v) is 17.5. The van der Waals surface area contributed by atoms with Gasteiger partial charge in [0.1, 0.15) is 5.75 Å². The molecule has 0 atom stereocenters. The van der Waals surface area contributed by atoms with E-state index in [4.69, 9.17) is 19.6 Å². The molecule has 33 heavy (non-hydrogen) atoms. The summed E-state index contributed by atoms with van der Waals surface area (Å²) < 4.78 is 5.30. The van der Waals surface area contributed by atoms with Crippen LogP contribution in [0.5, 0.6) is 5.75 Å². The molecule has 7 heteroatoms. The molecular weight excluding hydrogens is 411 g/mol. The highest BCUT2D eigenvalue weighted by Crippen LogP contribution is 2.33. The van der Waals surface area contributed by atoms with Crippen LogP contribution in [0, 0.1) is 0 Å². The first-order valence-electron chi connectivity index (χ1n) is 10.4. The lowest BCUT2D eigenvalue weighted by Crippen LogP contribution is -2.04. The molecule has 0 aliphatic heterocycles. The van der Waals surface area contributed by atoms with Crippen LogP contribution in [0.3, 0.4) is 0 Å². The molecule has 0 aliphatic carbocycles. The lowest BCUT2D eigenvalue weighted by molar-refractivity contribution is 0.454. The van der Waals surface area contributed by atoms with Crippen LogP contribution >= 0.6 is 0 Å². The number of hydrogen-bond acceptors (Lipinski definition) is 6. The number of hydrogen-bond donors (Lipinski definition) is 1. The third-order valence-electron chi connectivity index (χ3n) is 5.12. The maximum atomic E-state index is 9.21. The summed E-state index contributed by atoms with van der Waals surface area (Å²) in [6.07, 6.45) is 3.56. The van der Waals surface area contributed by atoms with Gasteiger partial charge in [-0.1, -0.05) is 72.8 Å². The van der Waals surface area contributed by atoms with Crippen molar-refractivity contribution in [1.82, 2.24) is 19.9 Å². The van der Waals surface area contributed by atoms with E-state index in [-0.39, 0.29) is 0 Å². The van der Waals surface area contributed by atoms with Crippen LogP contribution in [-0.2, 0) is 0 Å². The Morgan fingerprint density at radius 1 is 0.576 bits per heavy atom. The largest absolute Gasteiger partial charge is 0.569 e. The summed E-state index contributed by atoms with van der Waals surface area (Å²) in [5, 5.41) is 9.21. The summed E-state index contributed by atoms with van der Waals surface area (Å²) in [6.45, 7) is 0. The molecule has 0 fully saturated rings. The van der Waals surface area contributed by atoms with Gasteiger partial charge in [-0.25, -0.2) is 15.0 Å². The van der Waals surface area contributed by atoms with E-state index in [1.807, 2.05) is 91.1 Å². The van der Waals surface area contributed by atoms with Crippen LogP contribution in [0.4, 0.5) is 0 Å². The molecule has 5 aromatic rings. The molecule has 0 amide bonds. The number of pyridine rings is 1.